The zero-order valence-corrected chi connectivity index (χ0v) is 6.12. The molecular formula is C8H14O2. The molecule has 1 N–H and O–H groups in total. The quantitative estimate of drug-likeness (QED) is 0.621. The number of aliphatic hydroxyl groups is 1. The van der Waals surface area contributed by atoms with Crippen LogP contribution in [0.15, 0.2) is 0 Å². The number of fused-ring (bicyclic) bond motifs is 1. The summed E-state index contributed by atoms with van der Waals surface area (Å²) in [5, 5.41) is 8.64. The van der Waals surface area contributed by atoms with Crippen LogP contribution in [0.3, 0.4) is 0 Å². The maximum atomic E-state index is 8.64. The first-order valence-electron chi connectivity index (χ1n) is 4.16. The van der Waals surface area contributed by atoms with E-state index in [9.17, 15) is 0 Å². The molecule has 2 aliphatic rings. The van der Waals surface area contributed by atoms with Gasteiger partial charge in [0, 0.05) is 6.61 Å². The van der Waals surface area contributed by atoms with Crippen molar-refractivity contribution in [2.24, 2.45) is 5.92 Å². The SMILES string of the molecule is OCC[C@H]1CC[C@H]2C[C@H]2O1. The molecule has 58 valence electrons. The van der Waals surface area contributed by atoms with Crippen LogP contribution in [0.2, 0.25) is 0 Å². The van der Waals surface area contributed by atoms with Crippen molar-refractivity contribution in [2.75, 3.05) is 6.61 Å². The van der Waals surface area contributed by atoms with Crippen molar-refractivity contribution in [1.29, 1.82) is 0 Å². The van der Waals surface area contributed by atoms with Gasteiger partial charge in [-0.1, -0.05) is 0 Å². The van der Waals surface area contributed by atoms with Crippen molar-refractivity contribution < 1.29 is 9.84 Å². The van der Waals surface area contributed by atoms with Crippen LogP contribution in [0, 0.1) is 5.92 Å². The molecule has 0 radical (unpaired) electrons. The van der Waals surface area contributed by atoms with E-state index in [1.165, 1.54) is 19.3 Å². The van der Waals surface area contributed by atoms with Gasteiger partial charge in [0.25, 0.3) is 0 Å². The highest BCUT2D eigenvalue weighted by Gasteiger charge is 2.43. The van der Waals surface area contributed by atoms with Crippen molar-refractivity contribution in [3.8, 4) is 0 Å². The lowest BCUT2D eigenvalue weighted by Crippen LogP contribution is -2.21. The average molecular weight is 142 g/mol. The van der Waals surface area contributed by atoms with Gasteiger partial charge in [0.1, 0.15) is 0 Å². The van der Waals surface area contributed by atoms with Crippen LogP contribution in [0.25, 0.3) is 0 Å². The van der Waals surface area contributed by atoms with E-state index in [2.05, 4.69) is 0 Å². The van der Waals surface area contributed by atoms with E-state index < -0.39 is 0 Å². The van der Waals surface area contributed by atoms with Gasteiger partial charge in [-0.3, -0.25) is 0 Å². The molecular weight excluding hydrogens is 128 g/mol. The lowest BCUT2D eigenvalue weighted by molar-refractivity contribution is -0.0108. The Balaban J connectivity index is 1.77. The highest BCUT2D eigenvalue weighted by molar-refractivity contribution is 4.92. The Labute approximate surface area is 61.2 Å². The largest absolute Gasteiger partial charge is 0.396 e. The maximum absolute atomic E-state index is 8.64. The lowest BCUT2D eigenvalue weighted by Gasteiger charge is -2.20. The molecule has 2 fully saturated rings. The Hall–Kier alpha value is -0.0800. The number of aliphatic hydroxyl groups excluding tert-OH is 1. The van der Waals surface area contributed by atoms with E-state index in [4.69, 9.17) is 9.84 Å². The second-order valence-corrected chi connectivity index (χ2v) is 3.38. The summed E-state index contributed by atoms with van der Waals surface area (Å²) in [6.45, 7) is 0.280. The maximum Gasteiger partial charge on any atom is 0.0611 e. The Morgan fingerprint density at radius 1 is 1.40 bits per heavy atom. The summed E-state index contributed by atoms with van der Waals surface area (Å²) in [5.41, 5.74) is 0. The predicted molar refractivity (Wildman–Crippen MR) is 37.7 cm³/mol. The molecule has 0 aromatic carbocycles. The molecule has 1 heterocycles. The second-order valence-electron chi connectivity index (χ2n) is 3.38. The van der Waals surface area contributed by atoms with Gasteiger partial charge >= 0.3 is 0 Å². The van der Waals surface area contributed by atoms with Gasteiger partial charge in [0.05, 0.1) is 12.2 Å². The number of ether oxygens (including phenoxy) is 1. The number of hydrogen-bond donors (Lipinski definition) is 1. The second kappa shape index (κ2) is 2.51. The van der Waals surface area contributed by atoms with Gasteiger partial charge in [0.15, 0.2) is 0 Å². The van der Waals surface area contributed by atoms with Crippen LogP contribution >= 0.6 is 0 Å². The molecule has 1 saturated heterocycles. The lowest BCUT2D eigenvalue weighted by atomic mass is 10.1. The molecule has 2 rings (SSSR count). The van der Waals surface area contributed by atoms with Crippen molar-refractivity contribution in [1.82, 2.24) is 0 Å². The molecule has 0 spiro atoms. The summed E-state index contributed by atoms with van der Waals surface area (Å²) in [7, 11) is 0. The average Bonchev–Trinajstić information content (AvgIpc) is 2.66. The van der Waals surface area contributed by atoms with E-state index in [0.717, 1.165) is 12.3 Å². The third-order valence-corrected chi connectivity index (χ3v) is 2.54. The normalized spacial score (nSPS) is 44.7. The standard InChI is InChI=1S/C8H14O2/c9-4-3-7-2-1-6-5-8(6)10-7/h6-9H,1-5H2/t6-,7+,8+/m0/s1. The molecule has 1 aliphatic carbocycles. The monoisotopic (exact) mass is 142 g/mol. The first kappa shape index (κ1) is 6.62. The molecule has 1 aliphatic heterocycles. The fraction of sp³-hybridized carbons (Fsp3) is 1.00. The third kappa shape index (κ3) is 1.18. The van der Waals surface area contributed by atoms with Crippen LogP contribution in [0.4, 0.5) is 0 Å². The van der Waals surface area contributed by atoms with Gasteiger partial charge in [-0.05, 0) is 31.6 Å². The van der Waals surface area contributed by atoms with Gasteiger partial charge in [0.2, 0.25) is 0 Å². The highest BCUT2D eigenvalue weighted by Crippen LogP contribution is 2.43. The Bertz CT molecular complexity index is 124. The summed E-state index contributed by atoms with van der Waals surface area (Å²) in [6.07, 6.45) is 5.56. The summed E-state index contributed by atoms with van der Waals surface area (Å²) < 4.78 is 5.64. The van der Waals surface area contributed by atoms with Gasteiger partial charge < -0.3 is 9.84 Å². The minimum absolute atomic E-state index is 0.280. The Morgan fingerprint density at radius 2 is 2.30 bits per heavy atom. The van der Waals surface area contributed by atoms with Crippen molar-refractivity contribution >= 4 is 0 Å². The van der Waals surface area contributed by atoms with Gasteiger partial charge in [-0.15, -0.1) is 0 Å². The first-order valence-corrected chi connectivity index (χ1v) is 4.16. The molecule has 0 unspecified atom stereocenters. The van der Waals surface area contributed by atoms with Crippen molar-refractivity contribution in [3.63, 3.8) is 0 Å². The Morgan fingerprint density at radius 3 is 3.00 bits per heavy atom. The van der Waals surface area contributed by atoms with Crippen LogP contribution in [0.5, 0.6) is 0 Å². The predicted octanol–water partition coefficient (Wildman–Crippen LogP) is 0.936. The molecule has 10 heavy (non-hydrogen) atoms. The summed E-state index contributed by atoms with van der Waals surface area (Å²) >= 11 is 0. The minimum Gasteiger partial charge on any atom is -0.396 e. The first-order chi connectivity index (χ1) is 4.90. The van der Waals surface area contributed by atoms with Crippen molar-refractivity contribution in [3.05, 3.63) is 0 Å². The van der Waals surface area contributed by atoms with E-state index in [1.54, 1.807) is 0 Å². The molecule has 0 aromatic rings. The zero-order valence-electron chi connectivity index (χ0n) is 6.12. The fourth-order valence-corrected chi connectivity index (χ4v) is 1.76. The fourth-order valence-electron chi connectivity index (χ4n) is 1.76. The molecule has 0 amide bonds. The molecule has 2 nitrogen and oxygen atoms in total. The minimum atomic E-state index is 0.280. The Kier molecular flexibility index (Phi) is 1.66. The molecule has 0 bridgehead atoms. The van der Waals surface area contributed by atoms with Gasteiger partial charge in [-0.25, -0.2) is 0 Å². The topological polar surface area (TPSA) is 29.5 Å². The van der Waals surface area contributed by atoms with Crippen LogP contribution < -0.4 is 0 Å². The van der Waals surface area contributed by atoms with Crippen LogP contribution in [-0.4, -0.2) is 23.9 Å². The summed E-state index contributed by atoms with van der Waals surface area (Å²) in [6, 6.07) is 0. The van der Waals surface area contributed by atoms with Crippen LogP contribution in [0.1, 0.15) is 25.7 Å². The van der Waals surface area contributed by atoms with E-state index in [1.807, 2.05) is 0 Å². The smallest absolute Gasteiger partial charge is 0.0611 e. The van der Waals surface area contributed by atoms with Crippen LogP contribution in [-0.2, 0) is 4.74 Å². The van der Waals surface area contributed by atoms with E-state index in [0.29, 0.717) is 12.2 Å². The van der Waals surface area contributed by atoms with Gasteiger partial charge in [-0.2, -0.15) is 0 Å². The molecule has 1 saturated carbocycles. The van der Waals surface area contributed by atoms with E-state index >= 15 is 0 Å². The molecule has 3 atom stereocenters. The third-order valence-electron chi connectivity index (χ3n) is 2.54. The zero-order chi connectivity index (χ0) is 6.97. The molecule has 2 heteroatoms. The molecule has 0 aromatic heterocycles. The summed E-state index contributed by atoms with van der Waals surface area (Å²) in [4.78, 5) is 0. The number of rotatable bonds is 2. The van der Waals surface area contributed by atoms with Crippen molar-refractivity contribution in [2.45, 2.75) is 37.9 Å². The van der Waals surface area contributed by atoms with E-state index in [-0.39, 0.29) is 6.61 Å². The summed E-state index contributed by atoms with van der Waals surface area (Å²) in [5.74, 6) is 0.884. The number of hydrogen-bond acceptors (Lipinski definition) is 2. The highest BCUT2D eigenvalue weighted by atomic mass is 16.5.